The molecular formula is C28H29N3O6. The number of fused-ring (bicyclic) bond motifs is 2. The molecule has 0 unspecified atom stereocenters. The van der Waals surface area contributed by atoms with Crippen LogP contribution in [-0.2, 0) is 19.5 Å². The molecule has 2 aliphatic rings. The van der Waals surface area contributed by atoms with Crippen LogP contribution in [0.3, 0.4) is 0 Å². The number of nitrogens with zero attached hydrogens (tertiary/aromatic N) is 2. The van der Waals surface area contributed by atoms with E-state index in [1.807, 2.05) is 44.2 Å². The van der Waals surface area contributed by atoms with Gasteiger partial charge in [0.2, 0.25) is 6.79 Å². The molecule has 0 aliphatic carbocycles. The molecule has 2 aromatic carbocycles. The van der Waals surface area contributed by atoms with E-state index in [4.69, 9.17) is 14.2 Å². The molecule has 5 rings (SSSR count). The van der Waals surface area contributed by atoms with Crippen LogP contribution in [0.2, 0.25) is 0 Å². The zero-order valence-corrected chi connectivity index (χ0v) is 21.1. The van der Waals surface area contributed by atoms with Gasteiger partial charge in [-0.15, -0.1) is 0 Å². The lowest BCUT2D eigenvalue weighted by molar-refractivity contribution is 0.0758. The molecule has 9 nitrogen and oxygen atoms in total. The summed E-state index contributed by atoms with van der Waals surface area (Å²) in [7, 11) is 1.44. The maximum absolute atomic E-state index is 13.4. The van der Waals surface area contributed by atoms with Crippen molar-refractivity contribution < 1.29 is 23.8 Å². The first kappa shape index (κ1) is 24.4. The molecule has 0 saturated heterocycles. The Balaban J connectivity index is 1.39. The molecule has 2 aliphatic heterocycles. The summed E-state index contributed by atoms with van der Waals surface area (Å²) in [5, 5.41) is 2.93. The summed E-state index contributed by atoms with van der Waals surface area (Å²) in [5.41, 5.74) is 4.10. The van der Waals surface area contributed by atoms with Gasteiger partial charge in [0.25, 0.3) is 17.4 Å². The maximum Gasteiger partial charge on any atom is 0.257 e. The Labute approximate surface area is 214 Å². The van der Waals surface area contributed by atoms with E-state index in [1.165, 1.54) is 13.2 Å². The van der Waals surface area contributed by atoms with Crippen LogP contribution in [0.4, 0.5) is 0 Å². The zero-order chi connectivity index (χ0) is 26.1. The molecule has 0 bridgehead atoms. The number of aryl methyl sites for hydroxylation is 2. The summed E-state index contributed by atoms with van der Waals surface area (Å²) in [6, 6.07) is 12.6. The Morgan fingerprint density at radius 1 is 1.00 bits per heavy atom. The fourth-order valence-electron chi connectivity index (χ4n) is 4.90. The van der Waals surface area contributed by atoms with E-state index in [2.05, 4.69) is 5.32 Å². The van der Waals surface area contributed by atoms with Gasteiger partial charge in [0, 0.05) is 49.9 Å². The van der Waals surface area contributed by atoms with Crippen LogP contribution in [-0.4, -0.2) is 48.3 Å². The minimum absolute atomic E-state index is 0.0841. The lowest BCUT2D eigenvalue weighted by Crippen LogP contribution is -2.34. The van der Waals surface area contributed by atoms with Gasteiger partial charge in [0.1, 0.15) is 11.3 Å². The molecule has 1 aromatic heterocycles. The van der Waals surface area contributed by atoms with Crippen molar-refractivity contribution in [2.45, 2.75) is 33.4 Å². The number of amides is 2. The van der Waals surface area contributed by atoms with Crippen molar-refractivity contribution in [1.29, 1.82) is 0 Å². The highest BCUT2D eigenvalue weighted by atomic mass is 16.7. The molecule has 9 heteroatoms. The fourth-order valence-corrected chi connectivity index (χ4v) is 4.90. The summed E-state index contributed by atoms with van der Waals surface area (Å²) in [4.78, 5) is 41.4. The number of benzene rings is 2. The van der Waals surface area contributed by atoms with E-state index in [-0.39, 0.29) is 43.0 Å². The van der Waals surface area contributed by atoms with Gasteiger partial charge in [-0.25, -0.2) is 0 Å². The number of rotatable bonds is 5. The highest BCUT2D eigenvalue weighted by Gasteiger charge is 2.27. The van der Waals surface area contributed by atoms with Gasteiger partial charge in [-0.3, -0.25) is 14.4 Å². The Morgan fingerprint density at radius 2 is 1.81 bits per heavy atom. The molecule has 0 fully saturated rings. The van der Waals surface area contributed by atoms with Gasteiger partial charge in [-0.1, -0.05) is 23.8 Å². The maximum atomic E-state index is 13.4. The largest absolute Gasteiger partial charge is 0.496 e. The van der Waals surface area contributed by atoms with Crippen LogP contribution in [0.25, 0.3) is 0 Å². The summed E-state index contributed by atoms with van der Waals surface area (Å²) in [6.07, 6.45) is 0.343. The van der Waals surface area contributed by atoms with Gasteiger partial charge >= 0.3 is 0 Å². The first-order valence-electron chi connectivity index (χ1n) is 12.2. The number of nitrogens with one attached hydrogen (secondary N) is 1. The predicted molar refractivity (Wildman–Crippen MR) is 137 cm³/mol. The lowest BCUT2D eigenvalue weighted by Gasteiger charge is -2.21. The topological polar surface area (TPSA) is 99.1 Å². The number of pyridine rings is 1. The van der Waals surface area contributed by atoms with Crippen LogP contribution in [0, 0.1) is 13.8 Å². The Morgan fingerprint density at radius 3 is 2.59 bits per heavy atom. The van der Waals surface area contributed by atoms with Crippen LogP contribution in [0.1, 0.15) is 43.1 Å². The van der Waals surface area contributed by atoms with E-state index in [9.17, 15) is 14.4 Å². The predicted octanol–water partition coefficient (Wildman–Crippen LogP) is 2.83. The van der Waals surface area contributed by atoms with Crippen LogP contribution in [0.15, 0.2) is 47.3 Å². The molecule has 0 spiro atoms. The van der Waals surface area contributed by atoms with Gasteiger partial charge in [-0.2, -0.15) is 0 Å². The molecule has 0 atom stereocenters. The van der Waals surface area contributed by atoms with E-state index >= 15 is 0 Å². The molecular weight excluding hydrogens is 474 g/mol. The zero-order valence-electron chi connectivity index (χ0n) is 21.1. The third-order valence-corrected chi connectivity index (χ3v) is 6.83. The molecule has 3 aromatic rings. The number of carbonyl (C=O) groups is 2. The van der Waals surface area contributed by atoms with Gasteiger partial charge < -0.3 is 29.0 Å². The Kier molecular flexibility index (Phi) is 6.60. The SMILES string of the molecule is COc1cc(=O)n2c(c1C(=O)NCc1ccc3c(c1)OCO3)CCN(C(=O)c1ccc(C)cc1C)CC2. The van der Waals surface area contributed by atoms with E-state index < -0.39 is 0 Å². The normalized spacial score (nSPS) is 14.1. The highest BCUT2D eigenvalue weighted by molar-refractivity contribution is 5.98. The first-order chi connectivity index (χ1) is 17.9. The third kappa shape index (κ3) is 4.76. The molecule has 37 heavy (non-hydrogen) atoms. The second-order valence-electron chi connectivity index (χ2n) is 9.26. The van der Waals surface area contributed by atoms with E-state index in [1.54, 1.807) is 15.5 Å². The average Bonchev–Trinajstić information content (AvgIpc) is 3.24. The van der Waals surface area contributed by atoms with Crippen molar-refractivity contribution in [3.8, 4) is 17.2 Å². The highest BCUT2D eigenvalue weighted by Crippen LogP contribution is 2.32. The molecule has 0 radical (unpaired) electrons. The summed E-state index contributed by atoms with van der Waals surface area (Å²) in [6.45, 7) is 5.38. The first-order valence-corrected chi connectivity index (χ1v) is 12.2. The quantitative estimate of drug-likeness (QED) is 0.575. The Hall–Kier alpha value is -4.27. The molecule has 0 saturated carbocycles. The number of aromatic nitrogens is 1. The van der Waals surface area contributed by atoms with Crippen LogP contribution < -0.4 is 25.1 Å². The summed E-state index contributed by atoms with van der Waals surface area (Å²) in [5.74, 6) is 1.09. The van der Waals surface area contributed by atoms with Crippen molar-refractivity contribution in [2.24, 2.45) is 0 Å². The van der Waals surface area contributed by atoms with Crippen LogP contribution >= 0.6 is 0 Å². The number of hydrogen-bond acceptors (Lipinski definition) is 6. The summed E-state index contributed by atoms with van der Waals surface area (Å²) < 4.78 is 17.8. The van der Waals surface area contributed by atoms with Crippen molar-refractivity contribution in [1.82, 2.24) is 14.8 Å². The van der Waals surface area contributed by atoms with Crippen molar-refractivity contribution in [3.05, 3.63) is 86.3 Å². The lowest BCUT2D eigenvalue weighted by atomic mass is 10.0. The molecule has 2 amide bonds. The standard InChI is InChI=1S/C28H29N3O6/c1-17-4-6-20(18(2)12-17)28(34)30-9-8-21-26(24(35-3)14-25(32)31(21)11-10-30)27(33)29-15-19-5-7-22-23(13-19)37-16-36-22/h4-7,12-14H,8-11,15-16H2,1-3H3,(H,29,33). The number of hydrogen-bond donors (Lipinski definition) is 1. The molecule has 3 heterocycles. The van der Waals surface area contributed by atoms with Crippen molar-refractivity contribution >= 4 is 11.8 Å². The van der Waals surface area contributed by atoms with Gasteiger partial charge in [-0.05, 0) is 43.2 Å². The minimum atomic E-state index is -0.354. The van der Waals surface area contributed by atoms with Crippen molar-refractivity contribution in [2.75, 3.05) is 27.0 Å². The number of ether oxygens (including phenoxy) is 3. The van der Waals surface area contributed by atoms with Gasteiger partial charge in [0.15, 0.2) is 11.5 Å². The smallest absolute Gasteiger partial charge is 0.257 e. The summed E-state index contributed by atoms with van der Waals surface area (Å²) >= 11 is 0. The van der Waals surface area contributed by atoms with Crippen molar-refractivity contribution in [3.63, 3.8) is 0 Å². The molecule has 1 N–H and O–H groups in total. The minimum Gasteiger partial charge on any atom is -0.496 e. The second-order valence-corrected chi connectivity index (χ2v) is 9.26. The Bertz CT molecular complexity index is 1440. The number of carbonyl (C=O) groups excluding carboxylic acids is 2. The monoisotopic (exact) mass is 503 g/mol. The molecule has 192 valence electrons. The fraction of sp³-hybridized carbons (Fsp3) is 0.321. The second kappa shape index (κ2) is 10.0. The number of methoxy groups -OCH3 is 1. The average molecular weight is 504 g/mol. The van der Waals surface area contributed by atoms with Crippen LogP contribution in [0.5, 0.6) is 17.2 Å². The van der Waals surface area contributed by atoms with Gasteiger partial charge in [0.05, 0.1) is 7.11 Å². The van der Waals surface area contributed by atoms with E-state index in [0.717, 1.165) is 16.7 Å². The third-order valence-electron chi connectivity index (χ3n) is 6.83. The van der Waals surface area contributed by atoms with E-state index in [0.29, 0.717) is 47.8 Å².